The molecule has 4 nitrogen and oxygen atoms in total. The summed E-state index contributed by atoms with van der Waals surface area (Å²) >= 11 is 0. The number of aromatic hydroxyl groups is 1. The van der Waals surface area contributed by atoms with Gasteiger partial charge in [0.05, 0.1) is 0 Å². The van der Waals surface area contributed by atoms with Crippen molar-refractivity contribution in [2.75, 3.05) is 6.54 Å². The van der Waals surface area contributed by atoms with E-state index in [4.69, 9.17) is 0 Å². The van der Waals surface area contributed by atoms with Crippen molar-refractivity contribution in [3.8, 4) is 5.75 Å². The first-order valence-electron chi connectivity index (χ1n) is 6.15. The number of hydrogen-bond acceptors (Lipinski definition) is 3. The summed E-state index contributed by atoms with van der Waals surface area (Å²) in [6, 6.07) is 4.03. The molecule has 2 rings (SSSR count). The Kier molecular flexibility index (Phi) is 3.99. The van der Waals surface area contributed by atoms with Crippen molar-refractivity contribution in [2.24, 2.45) is 0 Å². The van der Waals surface area contributed by atoms with Crippen LogP contribution in [0, 0.1) is 13.8 Å². The third kappa shape index (κ3) is 3.11. The van der Waals surface area contributed by atoms with Gasteiger partial charge in [0.2, 0.25) is 0 Å². The van der Waals surface area contributed by atoms with E-state index in [1.54, 1.807) is 6.20 Å². The van der Waals surface area contributed by atoms with Crippen molar-refractivity contribution < 1.29 is 5.11 Å². The van der Waals surface area contributed by atoms with E-state index in [1.807, 2.05) is 32.2 Å². The first-order chi connectivity index (χ1) is 8.66. The molecule has 0 fully saturated rings. The van der Waals surface area contributed by atoms with Crippen LogP contribution in [0.3, 0.4) is 0 Å². The van der Waals surface area contributed by atoms with Crippen LogP contribution in [0.5, 0.6) is 5.75 Å². The fraction of sp³-hybridized carbons (Fsp3) is 0.357. The molecule has 1 heterocycles. The summed E-state index contributed by atoms with van der Waals surface area (Å²) in [6.45, 7) is 5.54. The molecule has 1 aromatic heterocycles. The van der Waals surface area contributed by atoms with Gasteiger partial charge in [-0.05, 0) is 30.5 Å². The summed E-state index contributed by atoms with van der Waals surface area (Å²) in [6.07, 6.45) is 4.49. The number of rotatable bonds is 5. The van der Waals surface area contributed by atoms with Crippen LogP contribution in [0.4, 0.5) is 0 Å². The normalized spacial score (nSPS) is 10.8. The largest absolute Gasteiger partial charge is 0.507 e. The lowest BCUT2D eigenvalue weighted by atomic mass is 10.1. The molecule has 4 heteroatoms. The molecule has 2 aromatic rings. The Labute approximate surface area is 107 Å². The molecule has 0 amide bonds. The summed E-state index contributed by atoms with van der Waals surface area (Å²) in [5.74, 6) is 1.40. The van der Waals surface area contributed by atoms with Gasteiger partial charge in [-0.3, -0.25) is 0 Å². The van der Waals surface area contributed by atoms with E-state index in [1.165, 1.54) is 5.56 Å². The molecule has 0 spiro atoms. The summed E-state index contributed by atoms with van der Waals surface area (Å²) in [4.78, 5) is 7.25. The Morgan fingerprint density at radius 3 is 2.61 bits per heavy atom. The molecule has 18 heavy (non-hydrogen) atoms. The fourth-order valence-electron chi connectivity index (χ4n) is 2.02. The SMILES string of the molecule is Cc1cc(CNCCc2ncc[nH]2)cc(C)c1O. The third-order valence-electron chi connectivity index (χ3n) is 2.97. The van der Waals surface area contributed by atoms with Crippen LogP contribution in [-0.4, -0.2) is 21.6 Å². The highest BCUT2D eigenvalue weighted by Crippen LogP contribution is 2.22. The van der Waals surface area contributed by atoms with E-state index in [2.05, 4.69) is 15.3 Å². The predicted octanol–water partition coefficient (Wildman–Crippen LogP) is 2.06. The first-order valence-corrected chi connectivity index (χ1v) is 6.15. The zero-order valence-electron chi connectivity index (χ0n) is 10.8. The Hall–Kier alpha value is -1.81. The molecule has 0 atom stereocenters. The van der Waals surface area contributed by atoms with Crippen LogP contribution >= 0.6 is 0 Å². The van der Waals surface area contributed by atoms with Gasteiger partial charge in [-0.2, -0.15) is 0 Å². The van der Waals surface area contributed by atoms with Crippen LogP contribution in [0.2, 0.25) is 0 Å². The number of phenols is 1. The highest BCUT2D eigenvalue weighted by Gasteiger charge is 2.03. The van der Waals surface area contributed by atoms with Crippen molar-refractivity contribution in [3.05, 3.63) is 47.0 Å². The summed E-state index contributed by atoms with van der Waals surface area (Å²) in [7, 11) is 0. The molecule has 0 radical (unpaired) electrons. The summed E-state index contributed by atoms with van der Waals surface area (Å²) in [5.41, 5.74) is 3.05. The number of aromatic nitrogens is 2. The van der Waals surface area contributed by atoms with E-state index in [-0.39, 0.29) is 0 Å². The van der Waals surface area contributed by atoms with Crippen LogP contribution in [-0.2, 0) is 13.0 Å². The van der Waals surface area contributed by atoms with Crippen LogP contribution in [0.15, 0.2) is 24.5 Å². The van der Waals surface area contributed by atoms with Gasteiger partial charge >= 0.3 is 0 Å². The maximum atomic E-state index is 9.69. The monoisotopic (exact) mass is 245 g/mol. The fourth-order valence-corrected chi connectivity index (χ4v) is 2.02. The van der Waals surface area contributed by atoms with Crippen molar-refractivity contribution in [1.29, 1.82) is 0 Å². The van der Waals surface area contributed by atoms with Gasteiger partial charge in [0.25, 0.3) is 0 Å². The average Bonchev–Trinajstić information content (AvgIpc) is 2.84. The second-order valence-electron chi connectivity index (χ2n) is 4.54. The van der Waals surface area contributed by atoms with Crippen LogP contribution < -0.4 is 5.32 Å². The van der Waals surface area contributed by atoms with Crippen LogP contribution in [0.1, 0.15) is 22.5 Å². The second-order valence-corrected chi connectivity index (χ2v) is 4.54. The molecule has 3 N–H and O–H groups in total. The zero-order chi connectivity index (χ0) is 13.0. The average molecular weight is 245 g/mol. The van der Waals surface area contributed by atoms with E-state index in [0.29, 0.717) is 5.75 Å². The Balaban J connectivity index is 1.83. The van der Waals surface area contributed by atoms with E-state index >= 15 is 0 Å². The van der Waals surface area contributed by atoms with Crippen molar-refractivity contribution in [2.45, 2.75) is 26.8 Å². The van der Waals surface area contributed by atoms with Gasteiger partial charge in [0.1, 0.15) is 11.6 Å². The van der Waals surface area contributed by atoms with Crippen molar-refractivity contribution >= 4 is 0 Å². The van der Waals surface area contributed by atoms with Crippen LogP contribution in [0.25, 0.3) is 0 Å². The number of benzene rings is 1. The van der Waals surface area contributed by atoms with Gasteiger partial charge in [-0.15, -0.1) is 0 Å². The molecular formula is C14H19N3O. The Morgan fingerprint density at radius 1 is 1.28 bits per heavy atom. The summed E-state index contributed by atoms with van der Waals surface area (Å²) in [5, 5.41) is 13.1. The van der Waals surface area contributed by atoms with Gasteiger partial charge < -0.3 is 15.4 Å². The standard InChI is InChI=1S/C14H19N3O/c1-10-7-12(8-11(2)14(10)18)9-15-4-3-13-16-5-6-17-13/h5-8,15,18H,3-4,9H2,1-2H3,(H,16,17). The topological polar surface area (TPSA) is 60.9 Å². The second kappa shape index (κ2) is 5.69. The van der Waals surface area contributed by atoms with Crippen molar-refractivity contribution in [3.63, 3.8) is 0 Å². The zero-order valence-corrected chi connectivity index (χ0v) is 10.8. The number of nitrogens with one attached hydrogen (secondary N) is 2. The van der Waals surface area contributed by atoms with E-state index < -0.39 is 0 Å². The number of aryl methyl sites for hydroxylation is 2. The molecule has 1 aromatic carbocycles. The molecule has 0 saturated heterocycles. The lowest BCUT2D eigenvalue weighted by molar-refractivity contribution is 0.466. The van der Waals surface area contributed by atoms with Gasteiger partial charge in [0.15, 0.2) is 0 Å². The molecular weight excluding hydrogens is 226 g/mol. The maximum Gasteiger partial charge on any atom is 0.121 e. The van der Waals surface area contributed by atoms with E-state index in [0.717, 1.165) is 36.5 Å². The van der Waals surface area contributed by atoms with Gasteiger partial charge in [-0.1, -0.05) is 12.1 Å². The minimum atomic E-state index is 0.398. The minimum absolute atomic E-state index is 0.398. The molecule has 0 bridgehead atoms. The lowest BCUT2D eigenvalue weighted by Crippen LogP contribution is -2.17. The molecule has 0 aliphatic rings. The Bertz CT molecular complexity index is 483. The predicted molar refractivity (Wildman–Crippen MR) is 71.6 cm³/mol. The molecule has 96 valence electrons. The number of nitrogens with zero attached hydrogens (tertiary/aromatic N) is 1. The third-order valence-corrected chi connectivity index (χ3v) is 2.97. The highest BCUT2D eigenvalue weighted by atomic mass is 16.3. The quantitative estimate of drug-likeness (QED) is 0.707. The van der Waals surface area contributed by atoms with Crippen molar-refractivity contribution in [1.82, 2.24) is 15.3 Å². The number of imidazole rings is 1. The number of aromatic amines is 1. The summed E-state index contributed by atoms with van der Waals surface area (Å²) < 4.78 is 0. The van der Waals surface area contributed by atoms with E-state index in [9.17, 15) is 5.11 Å². The molecule has 0 aliphatic carbocycles. The highest BCUT2D eigenvalue weighted by molar-refractivity contribution is 5.42. The number of hydrogen-bond donors (Lipinski definition) is 3. The molecule has 0 saturated carbocycles. The minimum Gasteiger partial charge on any atom is -0.507 e. The van der Waals surface area contributed by atoms with Gasteiger partial charge in [0, 0.05) is 31.9 Å². The lowest BCUT2D eigenvalue weighted by Gasteiger charge is -2.08. The molecule has 0 unspecified atom stereocenters. The maximum absolute atomic E-state index is 9.69. The molecule has 0 aliphatic heterocycles. The van der Waals surface area contributed by atoms with Gasteiger partial charge in [-0.25, -0.2) is 4.98 Å². The smallest absolute Gasteiger partial charge is 0.121 e. The first kappa shape index (κ1) is 12.6. The number of phenolic OH excluding ortho intramolecular Hbond substituents is 1. The Morgan fingerprint density at radius 2 is 2.00 bits per heavy atom. The number of H-pyrrole nitrogens is 1.